The molecule has 2 unspecified atom stereocenters. The lowest BCUT2D eigenvalue weighted by Gasteiger charge is -2.10. The van der Waals surface area contributed by atoms with Crippen LogP contribution in [0.2, 0.25) is 0 Å². The van der Waals surface area contributed by atoms with E-state index in [1.54, 1.807) is 6.07 Å². The van der Waals surface area contributed by atoms with Gasteiger partial charge in [-0.25, -0.2) is 4.99 Å². The number of nitrogens with zero attached hydrogens (tertiary/aromatic N) is 2. The van der Waals surface area contributed by atoms with Gasteiger partial charge < -0.3 is 31.5 Å². The Hall–Kier alpha value is -2.29. The zero-order chi connectivity index (χ0) is 17.7. The lowest BCUT2D eigenvalue weighted by Crippen LogP contribution is -2.34. The highest BCUT2D eigenvalue weighted by Crippen LogP contribution is 2.22. The summed E-state index contributed by atoms with van der Waals surface area (Å²) in [5.74, 6) is 3.55. The van der Waals surface area contributed by atoms with Crippen molar-refractivity contribution in [2.24, 2.45) is 21.5 Å². The number of ether oxygens (including phenoxy) is 1. The van der Waals surface area contributed by atoms with Gasteiger partial charge in [-0.3, -0.25) is 4.79 Å². The van der Waals surface area contributed by atoms with Crippen molar-refractivity contribution < 1.29 is 24.9 Å². The van der Waals surface area contributed by atoms with Crippen LogP contribution in [0.25, 0.3) is 0 Å². The number of rotatable bonds is 2. The first-order valence-corrected chi connectivity index (χ1v) is 7.75. The minimum atomic E-state index is -1.44. The summed E-state index contributed by atoms with van der Waals surface area (Å²) in [5, 5.41) is 32.1. The van der Waals surface area contributed by atoms with E-state index in [-0.39, 0.29) is 5.84 Å². The average molecular weight is 352 g/mol. The average Bonchev–Trinajstić information content (AvgIpc) is 3.15. The molecule has 0 aliphatic carbocycles. The second-order valence-electron chi connectivity index (χ2n) is 4.80. The lowest BCUT2D eigenvalue weighted by molar-refractivity contribution is -0.112. The number of thiophene rings is 1. The standard InChI is InChI=1S/C14H16N4O5S/c15-9(2-1-7-3-4-24-6-7)17-13(12(16)22)18-14-11(21)10(20)8(5-19)23-14/h3-4,6,8,10-11,14,19-21H,5H2,(H2,16,22)(H2,15,17,18)/t8-,10?,11?,14-/m1/s1. The van der Waals surface area contributed by atoms with Crippen molar-refractivity contribution in [1.82, 2.24) is 0 Å². The summed E-state index contributed by atoms with van der Waals surface area (Å²) < 4.78 is 5.13. The molecule has 24 heavy (non-hydrogen) atoms. The Bertz CT molecular complexity index is 706. The quantitative estimate of drug-likeness (QED) is 0.230. The third kappa shape index (κ3) is 4.38. The van der Waals surface area contributed by atoms with Gasteiger partial charge in [0.2, 0.25) is 5.84 Å². The van der Waals surface area contributed by atoms with Gasteiger partial charge in [0.25, 0.3) is 5.91 Å². The Morgan fingerprint density at radius 1 is 1.38 bits per heavy atom. The van der Waals surface area contributed by atoms with Crippen LogP contribution in [0.3, 0.4) is 0 Å². The molecule has 1 aliphatic rings. The number of amidine groups is 2. The van der Waals surface area contributed by atoms with Crippen LogP contribution in [0, 0.1) is 11.8 Å². The molecule has 1 aromatic rings. The van der Waals surface area contributed by atoms with Crippen molar-refractivity contribution in [3.8, 4) is 11.8 Å². The van der Waals surface area contributed by atoms with Gasteiger partial charge in [-0.2, -0.15) is 16.3 Å². The number of aliphatic imine (C=N–C) groups is 2. The summed E-state index contributed by atoms with van der Waals surface area (Å²) >= 11 is 1.46. The highest BCUT2D eigenvalue weighted by Gasteiger charge is 2.42. The SMILES string of the molecule is NC(=O)C(N=C(N)C#Cc1ccsc1)=N[C@@H]1O[C@H](CO)C(O)C1O. The fraction of sp³-hybridized carbons (Fsp3) is 0.357. The molecule has 1 aliphatic heterocycles. The Labute approximate surface area is 141 Å². The molecule has 128 valence electrons. The van der Waals surface area contributed by atoms with E-state index in [2.05, 4.69) is 21.8 Å². The second kappa shape index (κ2) is 8.00. The maximum absolute atomic E-state index is 11.4. The predicted molar refractivity (Wildman–Crippen MR) is 87.2 cm³/mol. The molecule has 1 aromatic heterocycles. The molecule has 9 nitrogen and oxygen atoms in total. The van der Waals surface area contributed by atoms with Crippen LogP contribution in [-0.4, -0.2) is 64.0 Å². The molecule has 1 saturated heterocycles. The molecule has 10 heteroatoms. The van der Waals surface area contributed by atoms with Crippen LogP contribution in [0.15, 0.2) is 26.8 Å². The summed E-state index contributed by atoms with van der Waals surface area (Å²) in [6, 6.07) is 1.78. The van der Waals surface area contributed by atoms with Crippen molar-refractivity contribution in [3.63, 3.8) is 0 Å². The predicted octanol–water partition coefficient (Wildman–Crippen LogP) is -2.22. The molecule has 0 bridgehead atoms. The molecule has 4 atom stereocenters. The molecule has 0 radical (unpaired) electrons. The molecule has 7 N–H and O–H groups in total. The summed E-state index contributed by atoms with van der Waals surface area (Å²) in [7, 11) is 0. The fourth-order valence-electron chi connectivity index (χ4n) is 1.87. The highest BCUT2D eigenvalue weighted by atomic mass is 32.1. The van der Waals surface area contributed by atoms with E-state index in [1.807, 2.05) is 10.8 Å². The van der Waals surface area contributed by atoms with Crippen LogP contribution in [0.4, 0.5) is 0 Å². The van der Waals surface area contributed by atoms with Crippen LogP contribution < -0.4 is 11.5 Å². The first-order valence-electron chi connectivity index (χ1n) is 6.80. The largest absolute Gasteiger partial charge is 0.394 e. The van der Waals surface area contributed by atoms with Gasteiger partial charge >= 0.3 is 0 Å². The number of hydrogen-bond donors (Lipinski definition) is 5. The molecule has 0 saturated carbocycles. The molecule has 0 aromatic carbocycles. The van der Waals surface area contributed by atoms with E-state index < -0.39 is 42.9 Å². The molecule has 2 rings (SSSR count). The zero-order valence-electron chi connectivity index (χ0n) is 12.4. The van der Waals surface area contributed by atoms with Gasteiger partial charge in [-0.15, -0.1) is 0 Å². The van der Waals surface area contributed by atoms with E-state index in [9.17, 15) is 15.0 Å². The Morgan fingerprint density at radius 2 is 2.12 bits per heavy atom. The minimum absolute atomic E-state index is 0.203. The van der Waals surface area contributed by atoms with Crippen LogP contribution in [-0.2, 0) is 9.53 Å². The number of aliphatic hydroxyl groups excluding tert-OH is 3. The number of amides is 1. The second-order valence-corrected chi connectivity index (χ2v) is 5.58. The van der Waals surface area contributed by atoms with Gasteiger partial charge in [-0.1, -0.05) is 5.92 Å². The first kappa shape index (κ1) is 18.1. The van der Waals surface area contributed by atoms with Gasteiger partial charge in [-0.05, 0) is 17.4 Å². The van der Waals surface area contributed by atoms with E-state index in [4.69, 9.17) is 21.3 Å². The molecular formula is C14H16N4O5S. The fourth-order valence-corrected chi connectivity index (χ4v) is 2.46. The zero-order valence-corrected chi connectivity index (χ0v) is 13.2. The summed E-state index contributed by atoms with van der Waals surface area (Å²) in [5.41, 5.74) is 11.5. The van der Waals surface area contributed by atoms with E-state index in [1.165, 1.54) is 11.3 Å². The number of primary amides is 1. The van der Waals surface area contributed by atoms with E-state index >= 15 is 0 Å². The van der Waals surface area contributed by atoms with Gasteiger partial charge in [0.05, 0.1) is 6.61 Å². The Morgan fingerprint density at radius 3 is 2.67 bits per heavy atom. The van der Waals surface area contributed by atoms with Crippen LogP contribution in [0.5, 0.6) is 0 Å². The number of carbonyl (C=O) groups excluding carboxylic acids is 1. The third-order valence-electron chi connectivity index (χ3n) is 3.07. The molecule has 2 heterocycles. The number of carbonyl (C=O) groups is 1. The van der Waals surface area contributed by atoms with Crippen molar-refractivity contribution in [2.45, 2.75) is 24.5 Å². The Balaban J connectivity index is 2.20. The van der Waals surface area contributed by atoms with Crippen molar-refractivity contribution in [3.05, 3.63) is 22.4 Å². The minimum Gasteiger partial charge on any atom is -0.394 e. The lowest BCUT2D eigenvalue weighted by atomic mass is 10.1. The van der Waals surface area contributed by atoms with Crippen LogP contribution >= 0.6 is 11.3 Å². The maximum atomic E-state index is 11.4. The molecular weight excluding hydrogens is 336 g/mol. The number of nitrogens with two attached hydrogens (primary N) is 2. The summed E-state index contributed by atoms with van der Waals surface area (Å²) in [6.45, 7) is -0.520. The van der Waals surface area contributed by atoms with Gasteiger partial charge in [0.15, 0.2) is 12.1 Å². The summed E-state index contributed by atoms with van der Waals surface area (Å²) in [6.07, 6.45) is -5.12. The van der Waals surface area contributed by atoms with E-state index in [0.717, 1.165) is 5.56 Å². The normalized spacial score (nSPS) is 27.6. The maximum Gasteiger partial charge on any atom is 0.286 e. The molecule has 1 fully saturated rings. The van der Waals surface area contributed by atoms with Crippen molar-refractivity contribution >= 4 is 28.9 Å². The number of hydrogen-bond acceptors (Lipinski definition) is 7. The van der Waals surface area contributed by atoms with Crippen molar-refractivity contribution in [1.29, 1.82) is 0 Å². The van der Waals surface area contributed by atoms with Gasteiger partial charge in [0.1, 0.15) is 18.3 Å². The summed E-state index contributed by atoms with van der Waals surface area (Å²) in [4.78, 5) is 18.9. The molecule has 1 amide bonds. The third-order valence-corrected chi connectivity index (χ3v) is 3.75. The highest BCUT2D eigenvalue weighted by molar-refractivity contribution is 7.08. The Kier molecular flexibility index (Phi) is 6.02. The van der Waals surface area contributed by atoms with Gasteiger partial charge in [0, 0.05) is 10.9 Å². The first-order chi connectivity index (χ1) is 11.4. The van der Waals surface area contributed by atoms with E-state index in [0.29, 0.717) is 0 Å². The monoisotopic (exact) mass is 352 g/mol. The topological polar surface area (TPSA) is 164 Å². The smallest absolute Gasteiger partial charge is 0.286 e. The molecule has 0 spiro atoms. The van der Waals surface area contributed by atoms with Crippen molar-refractivity contribution in [2.75, 3.05) is 6.61 Å². The number of aliphatic hydroxyl groups is 3. The van der Waals surface area contributed by atoms with Crippen LogP contribution in [0.1, 0.15) is 5.56 Å².